The van der Waals surface area contributed by atoms with E-state index in [9.17, 15) is 4.39 Å². The van der Waals surface area contributed by atoms with Crippen molar-refractivity contribution >= 4 is 34.2 Å². The summed E-state index contributed by atoms with van der Waals surface area (Å²) in [5.74, 6) is 0.275. The van der Waals surface area contributed by atoms with Crippen LogP contribution in [0.2, 0.25) is 0 Å². The molecule has 2 aromatic rings. The Bertz CT molecular complexity index is 559. The zero-order valence-corrected chi connectivity index (χ0v) is 12.6. The van der Waals surface area contributed by atoms with Crippen LogP contribution in [-0.4, -0.2) is 7.11 Å². The first-order chi connectivity index (χ1) is 8.61. The van der Waals surface area contributed by atoms with Gasteiger partial charge in [-0.1, -0.05) is 12.1 Å². The summed E-state index contributed by atoms with van der Waals surface area (Å²) in [7, 11) is 1.55. The molecule has 0 spiro atoms. The molecule has 4 heteroatoms. The largest absolute Gasteiger partial charge is 0.496 e. The lowest BCUT2D eigenvalue weighted by Crippen LogP contribution is -1.98. The fourth-order valence-electron chi connectivity index (χ4n) is 1.75. The number of hydrogen-bond acceptors (Lipinski definition) is 1. The Balaban J connectivity index is 2.44. The SMILES string of the molecule is COc1ccc(F)cc1C(Cl)c1cccc(I)c1. The van der Waals surface area contributed by atoms with Crippen molar-refractivity contribution in [3.63, 3.8) is 0 Å². The van der Waals surface area contributed by atoms with Crippen molar-refractivity contribution in [3.8, 4) is 5.75 Å². The zero-order chi connectivity index (χ0) is 13.1. The lowest BCUT2D eigenvalue weighted by Gasteiger charge is -2.14. The first-order valence-corrected chi connectivity index (χ1v) is 6.86. The minimum atomic E-state index is -0.426. The number of halogens is 3. The Morgan fingerprint density at radius 1 is 1.22 bits per heavy atom. The Morgan fingerprint density at radius 2 is 2.00 bits per heavy atom. The number of alkyl halides is 1. The zero-order valence-electron chi connectivity index (χ0n) is 9.66. The van der Waals surface area contributed by atoms with Gasteiger partial charge in [0.25, 0.3) is 0 Å². The maximum absolute atomic E-state index is 13.3. The molecule has 0 heterocycles. The maximum Gasteiger partial charge on any atom is 0.124 e. The quantitative estimate of drug-likeness (QED) is 0.554. The van der Waals surface area contributed by atoms with E-state index in [1.165, 1.54) is 12.1 Å². The molecular weight excluding hydrogens is 366 g/mol. The first kappa shape index (κ1) is 13.6. The third-order valence-corrected chi connectivity index (χ3v) is 3.76. The highest BCUT2D eigenvalue weighted by Gasteiger charge is 2.16. The van der Waals surface area contributed by atoms with Gasteiger partial charge in [0.1, 0.15) is 11.6 Å². The Morgan fingerprint density at radius 3 is 2.67 bits per heavy atom. The van der Waals surface area contributed by atoms with Gasteiger partial charge in [-0.15, -0.1) is 11.6 Å². The van der Waals surface area contributed by atoms with Crippen LogP contribution in [-0.2, 0) is 0 Å². The van der Waals surface area contributed by atoms with Crippen molar-refractivity contribution < 1.29 is 9.13 Å². The molecule has 0 N–H and O–H groups in total. The average Bonchev–Trinajstić information content (AvgIpc) is 2.38. The molecule has 0 amide bonds. The Labute approximate surface area is 124 Å². The van der Waals surface area contributed by atoms with Crippen molar-refractivity contribution in [2.75, 3.05) is 7.11 Å². The van der Waals surface area contributed by atoms with E-state index in [1.807, 2.05) is 24.3 Å². The number of ether oxygens (including phenoxy) is 1. The molecule has 2 aromatic carbocycles. The van der Waals surface area contributed by atoms with Crippen LogP contribution >= 0.6 is 34.2 Å². The summed E-state index contributed by atoms with van der Waals surface area (Å²) in [6, 6.07) is 12.2. The third kappa shape index (κ3) is 2.95. The van der Waals surface area contributed by atoms with Crippen LogP contribution < -0.4 is 4.74 Å². The molecule has 0 saturated heterocycles. The summed E-state index contributed by atoms with van der Waals surface area (Å²) in [5.41, 5.74) is 1.56. The molecule has 94 valence electrons. The number of rotatable bonds is 3. The molecule has 0 bridgehead atoms. The van der Waals surface area contributed by atoms with Crippen molar-refractivity contribution in [1.82, 2.24) is 0 Å². The van der Waals surface area contributed by atoms with E-state index in [-0.39, 0.29) is 5.82 Å². The fourth-order valence-corrected chi connectivity index (χ4v) is 2.62. The highest BCUT2D eigenvalue weighted by atomic mass is 127. The normalized spacial score (nSPS) is 12.2. The molecule has 0 aromatic heterocycles. The minimum Gasteiger partial charge on any atom is -0.496 e. The lowest BCUT2D eigenvalue weighted by atomic mass is 10.0. The predicted octanol–water partition coefficient (Wildman–Crippen LogP) is 4.77. The summed E-state index contributed by atoms with van der Waals surface area (Å²) in [6.45, 7) is 0. The fraction of sp³-hybridized carbons (Fsp3) is 0.143. The molecular formula is C14H11ClFIO. The van der Waals surface area contributed by atoms with E-state index in [0.29, 0.717) is 11.3 Å². The summed E-state index contributed by atoms with van der Waals surface area (Å²) in [6.07, 6.45) is 0. The smallest absolute Gasteiger partial charge is 0.124 e. The van der Waals surface area contributed by atoms with Gasteiger partial charge in [0.15, 0.2) is 0 Å². The molecule has 0 radical (unpaired) electrons. The topological polar surface area (TPSA) is 9.23 Å². The summed E-state index contributed by atoms with van der Waals surface area (Å²) >= 11 is 8.63. The standard InChI is InChI=1S/C14H11ClFIO/c1-18-13-6-5-10(16)8-12(13)14(15)9-3-2-4-11(17)7-9/h2-8,14H,1H3. The molecule has 0 aliphatic carbocycles. The van der Waals surface area contributed by atoms with Crippen LogP contribution in [0, 0.1) is 9.39 Å². The minimum absolute atomic E-state index is 0.318. The third-order valence-electron chi connectivity index (χ3n) is 2.61. The van der Waals surface area contributed by atoms with Gasteiger partial charge in [-0.05, 0) is 58.5 Å². The molecule has 0 aliphatic rings. The van der Waals surface area contributed by atoms with Crippen LogP contribution in [0.25, 0.3) is 0 Å². The number of hydrogen-bond donors (Lipinski definition) is 0. The monoisotopic (exact) mass is 376 g/mol. The van der Waals surface area contributed by atoms with Crippen molar-refractivity contribution in [3.05, 3.63) is 63.0 Å². The van der Waals surface area contributed by atoms with Crippen LogP contribution in [0.15, 0.2) is 42.5 Å². The van der Waals surface area contributed by atoms with Gasteiger partial charge in [0, 0.05) is 9.13 Å². The number of methoxy groups -OCH3 is 1. The molecule has 1 atom stereocenters. The molecule has 1 nitrogen and oxygen atoms in total. The van der Waals surface area contributed by atoms with Gasteiger partial charge in [0.05, 0.1) is 12.5 Å². The van der Waals surface area contributed by atoms with Gasteiger partial charge < -0.3 is 4.74 Å². The van der Waals surface area contributed by atoms with E-state index in [0.717, 1.165) is 9.13 Å². The molecule has 18 heavy (non-hydrogen) atoms. The summed E-state index contributed by atoms with van der Waals surface area (Å²) < 4.78 is 19.6. The number of benzene rings is 2. The van der Waals surface area contributed by atoms with Gasteiger partial charge in [0.2, 0.25) is 0 Å². The maximum atomic E-state index is 13.3. The Hall–Kier alpha value is -0.810. The van der Waals surface area contributed by atoms with Gasteiger partial charge in [-0.3, -0.25) is 0 Å². The van der Waals surface area contributed by atoms with Gasteiger partial charge in [-0.2, -0.15) is 0 Å². The van der Waals surface area contributed by atoms with Crippen molar-refractivity contribution in [2.45, 2.75) is 5.38 Å². The van der Waals surface area contributed by atoms with Crippen LogP contribution in [0.1, 0.15) is 16.5 Å². The first-order valence-electron chi connectivity index (χ1n) is 5.35. The van der Waals surface area contributed by atoms with Crippen LogP contribution in [0.4, 0.5) is 4.39 Å². The molecule has 1 unspecified atom stereocenters. The van der Waals surface area contributed by atoms with E-state index >= 15 is 0 Å². The summed E-state index contributed by atoms with van der Waals surface area (Å²) in [5, 5.41) is -0.426. The van der Waals surface area contributed by atoms with E-state index in [1.54, 1.807) is 13.2 Å². The van der Waals surface area contributed by atoms with Crippen molar-refractivity contribution in [1.29, 1.82) is 0 Å². The van der Waals surface area contributed by atoms with Gasteiger partial charge in [-0.25, -0.2) is 4.39 Å². The lowest BCUT2D eigenvalue weighted by molar-refractivity contribution is 0.409. The molecule has 0 saturated carbocycles. The Kier molecular flexibility index (Phi) is 4.45. The van der Waals surface area contributed by atoms with Crippen LogP contribution in [0.3, 0.4) is 0 Å². The van der Waals surface area contributed by atoms with E-state index in [4.69, 9.17) is 16.3 Å². The molecule has 2 rings (SSSR count). The molecule has 0 fully saturated rings. The second kappa shape index (κ2) is 5.89. The summed E-state index contributed by atoms with van der Waals surface area (Å²) in [4.78, 5) is 0. The van der Waals surface area contributed by atoms with Crippen LogP contribution in [0.5, 0.6) is 5.75 Å². The highest BCUT2D eigenvalue weighted by molar-refractivity contribution is 14.1. The van der Waals surface area contributed by atoms with E-state index < -0.39 is 5.38 Å². The van der Waals surface area contributed by atoms with Gasteiger partial charge >= 0.3 is 0 Å². The predicted molar refractivity (Wildman–Crippen MR) is 79.8 cm³/mol. The highest BCUT2D eigenvalue weighted by Crippen LogP contribution is 2.35. The molecule has 0 aliphatic heterocycles. The van der Waals surface area contributed by atoms with E-state index in [2.05, 4.69) is 22.6 Å². The average molecular weight is 377 g/mol. The second-order valence-corrected chi connectivity index (χ2v) is 5.49. The van der Waals surface area contributed by atoms with Crippen molar-refractivity contribution in [2.24, 2.45) is 0 Å². The second-order valence-electron chi connectivity index (χ2n) is 3.80.